The molecule has 3 aromatic rings. The predicted octanol–water partition coefficient (Wildman–Crippen LogP) is 3.32. The first kappa shape index (κ1) is 17.6. The van der Waals surface area contributed by atoms with Crippen molar-refractivity contribution in [2.45, 2.75) is 25.8 Å². The second-order valence-electron chi connectivity index (χ2n) is 6.64. The zero-order chi connectivity index (χ0) is 18.8. The highest BCUT2D eigenvalue weighted by Crippen LogP contribution is 2.34. The summed E-state index contributed by atoms with van der Waals surface area (Å²) in [5.41, 5.74) is 0.494. The van der Waals surface area contributed by atoms with Gasteiger partial charge >= 0.3 is 0 Å². The molecule has 1 amide bonds. The average Bonchev–Trinajstić information content (AvgIpc) is 3.39. The van der Waals surface area contributed by atoms with E-state index in [0.717, 1.165) is 12.8 Å². The van der Waals surface area contributed by atoms with Crippen molar-refractivity contribution in [1.82, 2.24) is 29.6 Å². The number of halogens is 1. The molecule has 1 atom stereocenters. The van der Waals surface area contributed by atoms with Crippen molar-refractivity contribution < 1.29 is 4.79 Å². The van der Waals surface area contributed by atoms with E-state index in [9.17, 15) is 4.79 Å². The number of nitrogens with zero attached hydrogens (tertiary/aromatic N) is 6. The number of rotatable bonds is 6. The van der Waals surface area contributed by atoms with Gasteiger partial charge in [0, 0.05) is 18.9 Å². The molecular weight excluding hydrogens is 364 g/mol. The van der Waals surface area contributed by atoms with E-state index >= 15 is 0 Å². The molecular formula is C19H19ClN6O. The lowest BCUT2D eigenvalue weighted by atomic mass is 10.1. The molecule has 1 aliphatic rings. The van der Waals surface area contributed by atoms with Crippen LogP contribution in [0.3, 0.4) is 0 Å². The zero-order valence-corrected chi connectivity index (χ0v) is 15.6. The van der Waals surface area contributed by atoms with Crippen molar-refractivity contribution >= 4 is 17.5 Å². The van der Waals surface area contributed by atoms with Crippen LogP contribution >= 0.6 is 11.6 Å². The van der Waals surface area contributed by atoms with Crippen molar-refractivity contribution in [3.63, 3.8) is 0 Å². The summed E-state index contributed by atoms with van der Waals surface area (Å²) in [7, 11) is 0. The number of hydrogen-bond acceptors (Lipinski definition) is 5. The number of hydrogen-bond donors (Lipinski definition) is 0. The zero-order valence-electron chi connectivity index (χ0n) is 14.9. The van der Waals surface area contributed by atoms with E-state index in [-0.39, 0.29) is 11.9 Å². The lowest BCUT2D eigenvalue weighted by Crippen LogP contribution is -2.37. The van der Waals surface area contributed by atoms with Crippen molar-refractivity contribution in [2.75, 3.05) is 6.54 Å². The summed E-state index contributed by atoms with van der Waals surface area (Å²) in [6, 6.07) is 8.55. The van der Waals surface area contributed by atoms with Gasteiger partial charge in [0.1, 0.15) is 6.33 Å². The van der Waals surface area contributed by atoms with Gasteiger partial charge in [-0.3, -0.25) is 4.79 Å². The van der Waals surface area contributed by atoms with Gasteiger partial charge < -0.3 is 4.90 Å². The maximum Gasteiger partial charge on any atom is 0.255 e. The molecule has 2 aromatic heterocycles. The van der Waals surface area contributed by atoms with Crippen LogP contribution in [0.2, 0.25) is 5.02 Å². The fourth-order valence-corrected chi connectivity index (χ4v) is 3.23. The first-order valence-corrected chi connectivity index (χ1v) is 9.25. The highest BCUT2D eigenvalue weighted by molar-refractivity contribution is 6.33. The molecule has 27 heavy (non-hydrogen) atoms. The summed E-state index contributed by atoms with van der Waals surface area (Å²) >= 11 is 6.27. The summed E-state index contributed by atoms with van der Waals surface area (Å²) in [4.78, 5) is 28.0. The van der Waals surface area contributed by atoms with Crippen LogP contribution in [0, 0.1) is 5.92 Å². The van der Waals surface area contributed by atoms with E-state index in [1.807, 2.05) is 24.0 Å². The van der Waals surface area contributed by atoms with E-state index < -0.39 is 0 Å². The van der Waals surface area contributed by atoms with Crippen molar-refractivity contribution in [2.24, 2.45) is 5.92 Å². The molecule has 1 fully saturated rings. The first-order valence-electron chi connectivity index (χ1n) is 8.88. The molecule has 1 saturated carbocycles. The highest BCUT2D eigenvalue weighted by Gasteiger charge is 2.33. The van der Waals surface area contributed by atoms with Crippen LogP contribution in [0.1, 0.15) is 42.0 Å². The van der Waals surface area contributed by atoms with Gasteiger partial charge in [-0.15, -0.1) is 0 Å². The van der Waals surface area contributed by atoms with Gasteiger partial charge in [0.2, 0.25) is 0 Å². The molecule has 7 nitrogen and oxygen atoms in total. The second-order valence-corrected chi connectivity index (χ2v) is 7.04. The quantitative estimate of drug-likeness (QED) is 0.653. The minimum absolute atomic E-state index is 0.108. The highest BCUT2D eigenvalue weighted by atomic mass is 35.5. The van der Waals surface area contributed by atoms with Crippen molar-refractivity contribution in [1.29, 1.82) is 0 Å². The first-order chi connectivity index (χ1) is 13.1. The Morgan fingerprint density at radius 1 is 1.22 bits per heavy atom. The summed E-state index contributed by atoms with van der Waals surface area (Å²) in [6.07, 6.45) is 7.02. The molecule has 0 aliphatic heterocycles. The fraction of sp³-hybridized carbons (Fsp3) is 0.316. The fourth-order valence-electron chi connectivity index (χ4n) is 3.01. The normalized spacial score (nSPS) is 14.7. The number of aromatic nitrogens is 5. The molecule has 2 heterocycles. The molecule has 0 radical (unpaired) electrons. The Kier molecular flexibility index (Phi) is 4.85. The Morgan fingerprint density at radius 3 is 2.67 bits per heavy atom. The van der Waals surface area contributed by atoms with Crippen LogP contribution in [-0.2, 0) is 0 Å². The van der Waals surface area contributed by atoms with E-state index in [2.05, 4.69) is 20.1 Å². The lowest BCUT2D eigenvalue weighted by Gasteiger charge is -2.29. The van der Waals surface area contributed by atoms with E-state index in [1.54, 1.807) is 35.3 Å². The Hall–Kier alpha value is -2.80. The molecule has 0 spiro atoms. The largest absolute Gasteiger partial charge is 0.328 e. The third-order valence-corrected chi connectivity index (χ3v) is 5.00. The lowest BCUT2D eigenvalue weighted by molar-refractivity contribution is 0.0671. The monoisotopic (exact) mass is 382 g/mol. The van der Waals surface area contributed by atoms with E-state index in [1.165, 1.54) is 6.33 Å². The summed E-state index contributed by atoms with van der Waals surface area (Å²) in [5.74, 6) is 1.45. The minimum Gasteiger partial charge on any atom is -0.328 e. The smallest absolute Gasteiger partial charge is 0.255 e. The Morgan fingerprint density at radius 2 is 1.96 bits per heavy atom. The summed E-state index contributed by atoms with van der Waals surface area (Å²) in [5, 5.41) is 4.70. The van der Waals surface area contributed by atoms with Crippen LogP contribution in [0.25, 0.3) is 5.95 Å². The minimum atomic E-state index is -0.305. The van der Waals surface area contributed by atoms with Crippen LogP contribution in [0.5, 0.6) is 0 Å². The molecule has 4 rings (SSSR count). The summed E-state index contributed by atoms with van der Waals surface area (Å²) in [6.45, 7) is 2.61. The molecule has 0 N–H and O–H groups in total. The van der Waals surface area contributed by atoms with Crippen LogP contribution in [0.4, 0.5) is 0 Å². The van der Waals surface area contributed by atoms with Gasteiger partial charge in [0.25, 0.3) is 11.9 Å². The van der Waals surface area contributed by atoms with Gasteiger partial charge in [-0.05, 0) is 43.9 Å². The number of carbonyl (C=O) groups is 1. The Bertz CT molecular complexity index is 940. The second kappa shape index (κ2) is 7.44. The third-order valence-electron chi connectivity index (χ3n) is 4.67. The Labute approximate surface area is 162 Å². The number of amides is 1. The standard InChI is InChI=1S/C19H19ClN6O/c1-13(17-23-12-24-26(17)19-21-9-4-10-22-19)25(11-14-7-8-14)18(27)15-5-2-3-6-16(15)20/h2-6,9-10,12-14H,7-8,11H2,1H3. The predicted molar refractivity (Wildman–Crippen MR) is 101 cm³/mol. The molecule has 1 aliphatic carbocycles. The molecule has 0 bridgehead atoms. The summed E-state index contributed by atoms with van der Waals surface area (Å²) < 4.78 is 1.57. The van der Waals surface area contributed by atoms with Crippen LogP contribution in [-0.4, -0.2) is 42.1 Å². The van der Waals surface area contributed by atoms with Gasteiger partial charge in [-0.2, -0.15) is 9.78 Å². The SMILES string of the molecule is CC(c1ncnn1-c1ncccn1)N(CC1CC1)C(=O)c1ccccc1Cl. The average molecular weight is 383 g/mol. The van der Waals surface area contributed by atoms with Crippen LogP contribution in [0.15, 0.2) is 49.1 Å². The number of benzene rings is 1. The maximum absolute atomic E-state index is 13.3. The van der Waals surface area contributed by atoms with Gasteiger partial charge in [0.05, 0.1) is 16.6 Å². The third kappa shape index (κ3) is 3.68. The molecule has 1 unspecified atom stereocenters. The van der Waals surface area contributed by atoms with E-state index in [4.69, 9.17) is 11.6 Å². The molecule has 138 valence electrons. The van der Waals surface area contributed by atoms with Gasteiger partial charge in [-0.1, -0.05) is 23.7 Å². The van der Waals surface area contributed by atoms with Gasteiger partial charge in [-0.25, -0.2) is 15.0 Å². The van der Waals surface area contributed by atoms with E-state index in [0.29, 0.717) is 34.8 Å². The molecule has 1 aromatic carbocycles. The molecule has 0 saturated heterocycles. The van der Waals surface area contributed by atoms with Gasteiger partial charge in [0.15, 0.2) is 5.82 Å². The Balaban J connectivity index is 1.68. The van der Waals surface area contributed by atoms with Crippen LogP contribution < -0.4 is 0 Å². The topological polar surface area (TPSA) is 76.8 Å². The molecule has 8 heteroatoms. The van der Waals surface area contributed by atoms with Crippen molar-refractivity contribution in [3.05, 3.63) is 65.5 Å². The maximum atomic E-state index is 13.3. The van der Waals surface area contributed by atoms with Crippen molar-refractivity contribution in [3.8, 4) is 5.95 Å². The number of carbonyl (C=O) groups excluding carboxylic acids is 1.